The van der Waals surface area contributed by atoms with Gasteiger partial charge in [0.1, 0.15) is 5.75 Å². The summed E-state index contributed by atoms with van der Waals surface area (Å²) < 4.78 is 42.1. The molecule has 24 heavy (non-hydrogen) atoms. The third-order valence-corrected chi connectivity index (χ3v) is 3.54. The molecule has 1 heterocycles. The van der Waals surface area contributed by atoms with Crippen LogP contribution in [0.3, 0.4) is 0 Å². The number of aryl methyl sites for hydroxylation is 1. The normalized spacial score (nSPS) is 14.1. The fourth-order valence-corrected chi connectivity index (χ4v) is 2.49. The summed E-state index contributed by atoms with van der Waals surface area (Å²) in [6, 6.07) is 10.6. The molecule has 0 saturated carbocycles. The molecule has 0 bridgehead atoms. The van der Waals surface area contributed by atoms with E-state index in [1.807, 2.05) is 0 Å². The number of carbonyl (C=O) groups excluding carboxylic acids is 2. The zero-order valence-corrected chi connectivity index (χ0v) is 12.6. The number of fused-ring (bicyclic) bond motifs is 1. The van der Waals surface area contributed by atoms with Crippen molar-refractivity contribution in [3.8, 4) is 5.75 Å². The molecule has 0 unspecified atom stereocenters. The Morgan fingerprint density at radius 2 is 1.58 bits per heavy atom. The van der Waals surface area contributed by atoms with Gasteiger partial charge in [-0.25, -0.2) is 4.90 Å². The minimum Gasteiger partial charge on any atom is -0.482 e. The molecule has 2 aromatic carbocycles. The zero-order valence-electron chi connectivity index (χ0n) is 12.6. The lowest BCUT2D eigenvalue weighted by molar-refractivity contribution is -0.153. The maximum atomic E-state index is 12.5. The van der Waals surface area contributed by atoms with Crippen LogP contribution in [0.5, 0.6) is 5.75 Å². The van der Waals surface area contributed by atoms with Gasteiger partial charge in [-0.3, -0.25) is 9.59 Å². The Kier molecular flexibility index (Phi) is 3.79. The first-order valence-corrected chi connectivity index (χ1v) is 7.06. The maximum absolute atomic E-state index is 12.5. The standard InChI is InChI=1S/C17H12F3NO3/c1-10-6-7-14(24-9-17(18,19)20)13(8-10)21-15(22)11-4-2-3-5-12(11)16(21)23/h2-8H,9H2,1H3. The summed E-state index contributed by atoms with van der Waals surface area (Å²) in [7, 11) is 0. The molecule has 0 aliphatic carbocycles. The van der Waals surface area contributed by atoms with Crippen molar-refractivity contribution in [2.45, 2.75) is 13.1 Å². The van der Waals surface area contributed by atoms with Crippen LogP contribution in [0.2, 0.25) is 0 Å². The highest BCUT2D eigenvalue weighted by atomic mass is 19.4. The Labute approximate surface area is 135 Å². The van der Waals surface area contributed by atoms with Crippen molar-refractivity contribution in [2.75, 3.05) is 11.5 Å². The van der Waals surface area contributed by atoms with Gasteiger partial charge in [0.15, 0.2) is 6.61 Å². The number of imide groups is 1. The molecular weight excluding hydrogens is 323 g/mol. The molecule has 1 aliphatic heterocycles. The van der Waals surface area contributed by atoms with Crippen molar-refractivity contribution in [3.63, 3.8) is 0 Å². The Balaban J connectivity index is 2.02. The van der Waals surface area contributed by atoms with Gasteiger partial charge in [-0.2, -0.15) is 13.2 Å². The van der Waals surface area contributed by atoms with Crippen LogP contribution in [-0.2, 0) is 0 Å². The molecule has 0 radical (unpaired) electrons. The van der Waals surface area contributed by atoms with E-state index < -0.39 is 24.6 Å². The van der Waals surface area contributed by atoms with E-state index in [0.29, 0.717) is 5.56 Å². The van der Waals surface area contributed by atoms with Crippen molar-refractivity contribution in [2.24, 2.45) is 0 Å². The van der Waals surface area contributed by atoms with Crippen molar-refractivity contribution < 1.29 is 27.5 Å². The van der Waals surface area contributed by atoms with Crippen LogP contribution in [-0.4, -0.2) is 24.6 Å². The van der Waals surface area contributed by atoms with E-state index in [9.17, 15) is 22.8 Å². The molecule has 0 N–H and O–H groups in total. The lowest BCUT2D eigenvalue weighted by Crippen LogP contribution is -2.30. The molecule has 0 aromatic heterocycles. The highest BCUT2D eigenvalue weighted by Crippen LogP contribution is 2.36. The summed E-state index contributed by atoms with van der Waals surface area (Å²) in [6.07, 6.45) is -4.52. The first-order valence-electron chi connectivity index (χ1n) is 7.06. The van der Waals surface area contributed by atoms with Gasteiger partial charge >= 0.3 is 6.18 Å². The topological polar surface area (TPSA) is 46.6 Å². The third kappa shape index (κ3) is 2.84. The highest BCUT2D eigenvalue weighted by Gasteiger charge is 2.38. The summed E-state index contributed by atoms with van der Waals surface area (Å²) in [6.45, 7) is 0.196. The quantitative estimate of drug-likeness (QED) is 0.803. The lowest BCUT2D eigenvalue weighted by Gasteiger charge is -2.19. The molecule has 124 valence electrons. The van der Waals surface area contributed by atoms with Crippen molar-refractivity contribution >= 4 is 17.5 Å². The Morgan fingerprint density at radius 3 is 2.12 bits per heavy atom. The van der Waals surface area contributed by atoms with Gasteiger partial charge in [-0.15, -0.1) is 0 Å². The number of hydrogen-bond donors (Lipinski definition) is 0. The predicted octanol–water partition coefficient (Wildman–Crippen LogP) is 3.74. The smallest absolute Gasteiger partial charge is 0.422 e. The van der Waals surface area contributed by atoms with Crippen LogP contribution in [0.25, 0.3) is 0 Å². The molecular formula is C17H12F3NO3. The lowest BCUT2D eigenvalue weighted by atomic mass is 10.1. The number of ether oxygens (including phenoxy) is 1. The first-order chi connectivity index (χ1) is 11.3. The van der Waals surface area contributed by atoms with Gasteiger partial charge in [0.05, 0.1) is 16.8 Å². The van der Waals surface area contributed by atoms with E-state index >= 15 is 0 Å². The number of amides is 2. The van der Waals surface area contributed by atoms with E-state index in [0.717, 1.165) is 4.90 Å². The first kappa shape index (κ1) is 16.0. The molecule has 0 atom stereocenters. The second-order valence-corrected chi connectivity index (χ2v) is 5.37. The molecule has 0 spiro atoms. The molecule has 2 aromatic rings. The number of carbonyl (C=O) groups is 2. The SMILES string of the molecule is Cc1ccc(OCC(F)(F)F)c(N2C(=O)c3ccccc3C2=O)c1. The average molecular weight is 335 g/mol. The minimum atomic E-state index is -4.52. The van der Waals surface area contributed by atoms with Crippen molar-refractivity contribution in [1.29, 1.82) is 0 Å². The Hall–Kier alpha value is -2.83. The van der Waals surface area contributed by atoms with Gasteiger partial charge in [0.25, 0.3) is 11.8 Å². The second-order valence-electron chi connectivity index (χ2n) is 5.37. The van der Waals surface area contributed by atoms with Crippen LogP contribution < -0.4 is 9.64 Å². The van der Waals surface area contributed by atoms with Crippen LogP contribution in [0.15, 0.2) is 42.5 Å². The zero-order chi connectivity index (χ0) is 17.5. The number of anilines is 1. The average Bonchev–Trinajstić information content (AvgIpc) is 2.77. The maximum Gasteiger partial charge on any atom is 0.422 e. The number of rotatable bonds is 3. The summed E-state index contributed by atoms with van der Waals surface area (Å²) in [5.74, 6) is -1.34. The van der Waals surface area contributed by atoms with Crippen LogP contribution in [0.4, 0.5) is 18.9 Å². The number of halogens is 3. The van der Waals surface area contributed by atoms with E-state index in [1.54, 1.807) is 25.1 Å². The third-order valence-electron chi connectivity index (χ3n) is 3.54. The van der Waals surface area contributed by atoms with Gasteiger partial charge in [0.2, 0.25) is 0 Å². The molecule has 7 heteroatoms. The molecule has 4 nitrogen and oxygen atoms in total. The van der Waals surface area contributed by atoms with E-state index in [4.69, 9.17) is 4.74 Å². The monoisotopic (exact) mass is 335 g/mol. The minimum absolute atomic E-state index is 0.00505. The summed E-state index contributed by atoms with van der Waals surface area (Å²) in [5, 5.41) is 0. The summed E-state index contributed by atoms with van der Waals surface area (Å²) in [5.41, 5.74) is 1.11. The van der Waals surface area contributed by atoms with Gasteiger partial charge in [-0.05, 0) is 36.8 Å². The van der Waals surface area contributed by atoms with Gasteiger partial charge in [0, 0.05) is 0 Å². The molecule has 3 rings (SSSR count). The number of nitrogens with zero attached hydrogens (tertiary/aromatic N) is 1. The Morgan fingerprint density at radius 1 is 1.00 bits per heavy atom. The largest absolute Gasteiger partial charge is 0.482 e. The fourth-order valence-electron chi connectivity index (χ4n) is 2.49. The van der Waals surface area contributed by atoms with E-state index in [-0.39, 0.29) is 22.6 Å². The number of benzene rings is 2. The fraction of sp³-hybridized carbons (Fsp3) is 0.176. The molecule has 1 aliphatic rings. The number of hydrogen-bond acceptors (Lipinski definition) is 3. The van der Waals surface area contributed by atoms with Crippen LogP contribution in [0, 0.1) is 6.92 Å². The van der Waals surface area contributed by atoms with Crippen molar-refractivity contribution in [1.82, 2.24) is 0 Å². The van der Waals surface area contributed by atoms with Gasteiger partial charge in [-0.1, -0.05) is 18.2 Å². The highest BCUT2D eigenvalue weighted by molar-refractivity contribution is 6.34. The predicted molar refractivity (Wildman–Crippen MR) is 80.3 cm³/mol. The van der Waals surface area contributed by atoms with Gasteiger partial charge < -0.3 is 4.74 Å². The molecule has 2 amide bonds. The number of alkyl halides is 3. The summed E-state index contributed by atoms with van der Waals surface area (Å²) in [4.78, 5) is 25.8. The van der Waals surface area contributed by atoms with E-state index in [1.165, 1.54) is 24.3 Å². The van der Waals surface area contributed by atoms with Crippen LogP contribution in [0.1, 0.15) is 26.3 Å². The van der Waals surface area contributed by atoms with Crippen molar-refractivity contribution in [3.05, 3.63) is 59.2 Å². The second kappa shape index (κ2) is 5.67. The van der Waals surface area contributed by atoms with E-state index in [2.05, 4.69) is 0 Å². The molecule has 0 fully saturated rings. The summed E-state index contributed by atoms with van der Waals surface area (Å²) >= 11 is 0. The van der Waals surface area contributed by atoms with Crippen LogP contribution >= 0.6 is 0 Å². The molecule has 0 saturated heterocycles. The Bertz CT molecular complexity index is 795.